The predicted octanol–water partition coefficient (Wildman–Crippen LogP) is 10.9. The summed E-state index contributed by atoms with van der Waals surface area (Å²) in [6.45, 7) is 0. The van der Waals surface area contributed by atoms with E-state index in [1.165, 1.54) is 38.0 Å². The van der Waals surface area contributed by atoms with Crippen molar-refractivity contribution < 1.29 is 0 Å². The quantitative estimate of drug-likeness (QED) is 0.197. The Balaban J connectivity index is 1.30. The third-order valence-corrected chi connectivity index (χ3v) is 9.44. The van der Waals surface area contributed by atoms with E-state index in [4.69, 9.17) is 4.98 Å². The Morgan fingerprint density at radius 3 is 1.49 bits per heavy atom. The number of nitrogens with zero attached hydrogens (tertiary/aromatic N) is 4. The number of benzene rings is 6. The summed E-state index contributed by atoms with van der Waals surface area (Å²) in [5.74, 6) is 0.889. The molecular weight excluding hydrogens is 573 g/mol. The second kappa shape index (κ2) is 10.1. The van der Waals surface area contributed by atoms with Crippen molar-refractivity contribution in [3.05, 3.63) is 170 Å². The molecule has 0 atom stereocenters. The Morgan fingerprint density at radius 1 is 0.362 bits per heavy atom. The zero-order chi connectivity index (χ0) is 30.9. The molecule has 220 valence electrons. The highest BCUT2D eigenvalue weighted by atomic mass is 15.2. The molecule has 0 saturated carbocycles. The van der Waals surface area contributed by atoms with Crippen LogP contribution in [0, 0.1) is 0 Å². The van der Waals surface area contributed by atoms with E-state index >= 15 is 0 Å². The van der Waals surface area contributed by atoms with Gasteiger partial charge in [-0.05, 0) is 54.6 Å². The molecule has 0 spiro atoms. The zero-order valence-corrected chi connectivity index (χ0v) is 25.5. The monoisotopic (exact) mass is 600 g/mol. The number of aromatic nitrogens is 4. The number of rotatable bonds is 4. The predicted molar refractivity (Wildman–Crippen MR) is 195 cm³/mol. The highest BCUT2D eigenvalue weighted by Gasteiger charge is 2.23. The van der Waals surface area contributed by atoms with Crippen LogP contribution in [-0.2, 0) is 0 Å². The fraction of sp³-hybridized carbons (Fsp3) is 0. The van der Waals surface area contributed by atoms with Gasteiger partial charge < -0.3 is 4.57 Å². The normalized spacial score (nSPS) is 11.8. The van der Waals surface area contributed by atoms with Crippen molar-refractivity contribution in [1.29, 1.82) is 0 Å². The molecule has 0 saturated heterocycles. The van der Waals surface area contributed by atoms with Crippen LogP contribution in [0.15, 0.2) is 170 Å². The minimum absolute atomic E-state index is 0.889. The fourth-order valence-electron chi connectivity index (χ4n) is 7.48. The summed E-state index contributed by atoms with van der Waals surface area (Å²) in [5.41, 5.74) is 10.1. The maximum Gasteiger partial charge on any atom is 0.139 e. The molecule has 0 bridgehead atoms. The number of hydrogen-bond acceptors (Lipinski definition) is 1. The van der Waals surface area contributed by atoms with Crippen LogP contribution in [0.1, 0.15) is 0 Å². The molecule has 4 heteroatoms. The lowest BCUT2D eigenvalue weighted by Gasteiger charge is -2.15. The van der Waals surface area contributed by atoms with Crippen LogP contribution in [0.2, 0.25) is 0 Å². The summed E-state index contributed by atoms with van der Waals surface area (Å²) in [4.78, 5) is 5.26. The molecule has 0 amide bonds. The van der Waals surface area contributed by atoms with Gasteiger partial charge in [0.05, 0.1) is 27.8 Å². The first-order valence-electron chi connectivity index (χ1n) is 16.0. The van der Waals surface area contributed by atoms with E-state index in [2.05, 4.69) is 177 Å². The summed E-state index contributed by atoms with van der Waals surface area (Å²) in [5, 5.41) is 6.17. The van der Waals surface area contributed by atoms with Gasteiger partial charge in [-0.1, -0.05) is 115 Å². The standard InChI is InChI=1S/C43H28N4/c1-2-14-29(15-3-1)36-22-13-27-41(44-36)47-40-26-11-7-21-35(40)42-34-20-6-10-25-39(34)46(43(42)47)31-17-12-16-30(28-31)45-37-23-8-4-18-32(37)33-19-5-9-24-38(33)45/h1-28H. The van der Waals surface area contributed by atoms with Crippen LogP contribution < -0.4 is 0 Å². The number of pyridine rings is 1. The van der Waals surface area contributed by atoms with E-state index in [0.29, 0.717) is 0 Å². The van der Waals surface area contributed by atoms with Gasteiger partial charge in [-0.15, -0.1) is 0 Å². The molecular formula is C43H28N4. The smallest absolute Gasteiger partial charge is 0.139 e. The van der Waals surface area contributed by atoms with Gasteiger partial charge in [-0.3, -0.25) is 9.13 Å². The summed E-state index contributed by atoms with van der Waals surface area (Å²) in [7, 11) is 0. The molecule has 4 heterocycles. The molecule has 0 unspecified atom stereocenters. The third kappa shape index (κ3) is 3.79. The van der Waals surface area contributed by atoms with Crippen molar-refractivity contribution in [2.45, 2.75) is 0 Å². The SMILES string of the molecule is c1ccc(-c2cccc(-n3c4ccccc4c4c5ccccc5n(-c5cccc(-n6c7ccccc7c7ccccc76)c5)c43)n2)cc1. The highest BCUT2D eigenvalue weighted by Crippen LogP contribution is 2.41. The number of hydrogen-bond donors (Lipinski definition) is 0. The summed E-state index contributed by atoms with van der Waals surface area (Å²) >= 11 is 0. The van der Waals surface area contributed by atoms with Crippen molar-refractivity contribution in [2.24, 2.45) is 0 Å². The van der Waals surface area contributed by atoms with Gasteiger partial charge in [0.15, 0.2) is 0 Å². The first-order chi connectivity index (χ1) is 23.3. The van der Waals surface area contributed by atoms with Gasteiger partial charge >= 0.3 is 0 Å². The molecule has 10 aromatic rings. The number of fused-ring (bicyclic) bond motifs is 8. The average Bonchev–Trinajstić information content (AvgIpc) is 3.78. The van der Waals surface area contributed by atoms with Gasteiger partial charge in [0, 0.05) is 43.9 Å². The van der Waals surface area contributed by atoms with Crippen molar-refractivity contribution in [2.75, 3.05) is 0 Å². The van der Waals surface area contributed by atoms with E-state index < -0.39 is 0 Å². The van der Waals surface area contributed by atoms with E-state index in [0.717, 1.165) is 45.1 Å². The van der Waals surface area contributed by atoms with E-state index in [9.17, 15) is 0 Å². The molecule has 10 rings (SSSR count). The van der Waals surface area contributed by atoms with Crippen molar-refractivity contribution in [3.8, 4) is 28.5 Å². The summed E-state index contributed by atoms with van der Waals surface area (Å²) in [6.07, 6.45) is 0. The molecule has 0 aliphatic carbocycles. The van der Waals surface area contributed by atoms with Crippen molar-refractivity contribution in [1.82, 2.24) is 18.7 Å². The zero-order valence-electron chi connectivity index (χ0n) is 25.5. The topological polar surface area (TPSA) is 27.7 Å². The van der Waals surface area contributed by atoms with E-state index in [1.807, 2.05) is 6.07 Å². The minimum Gasteiger partial charge on any atom is -0.309 e. The molecule has 4 aromatic heterocycles. The number of para-hydroxylation sites is 4. The minimum atomic E-state index is 0.889. The molecule has 4 nitrogen and oxygen atoms in total. The molecule has 0 aliphatic heterocycles. The lowest BCUT2D eigenvalue weighted by atomic mass is 10.1. The molecule has 0 aliphatic rings. The molecule has 0 radical (unpaired) electrons. The highest BCUT2D eigenvalue weighted by molar-refractivity contribution is 6.22. The second-order valence-electron chi connectivity index (χ2n) is 12.0. The lowest BCUT2D eigenvalue weighted by molar-refractivity contribution is 1.02. The van der Waals surface area contributed by atoms with Gasteiger partial charge in [0.1, 0.15) is 11.5 Å². The third-order valence-electron chi connectivity index (χ3n) is 9.44. The maximum atomic E-state index is 5.26. The Labute approximate surface area is 271 Å². The van der Waals surface area contributed by atoms with Crippen molar-refractivity contribution in [3.63, 3.8) is 0 Å². The Morgan fingerprint density at radius 2 is 0.851 bits per heavy atom. The fourth-order valence-corrected chi connectivity index (χ4v) is 7.48. The molecule has 0 N–H and O–H groups in total. The van der Waals surface area contributed by atoms with Crippen LogP contribution in [0.4, 0.5) is 0 Å². The summed E-state index contributed by atoms with van der Waals surface area (Å²) in [6, 6.07) is 60.5. The Hall–Kier alpha value is -6.39. The molecule has 6 aromatic carbocycles. The first-order valence-corrected chi connectivity index (χ1v) is 16.0. The van der Waals surface area contributed by atoms with Crippen molar-refractivity contribution >= 4 is 54.6 Å². The van der Waals surface area contributed by atoms with Gasteiger partial charge in [-0.25, -0.2) is 4.98 Å². The molecule has 0 fully saturated rings. The van der Waals surface area contributed by atoms with Gasteiger partial charge in [0.2, 0.25) is 0 Å². The Kier molecular flexibility index (Phi) is 5.54. The largest absolute Gasteiger partial charge is 0.309 e. The first kappa shape index (κ1) is 25.9. The van der Waals surface area contributed by atoms with Crippen LogP contribution in [0.5, 0.6) is 0 Å². The molecule has 47 heavy (non-hydrogen) atoms. The Bertz CT molecular complexity index is 2740. The summed E-state index contributed by atoms with van der Waals surface area (Å²) < 4.78 is 7.14. The van der Waals surface area contributed by atoms with E-state index in [-0.39, 0.29) is 0 Å². The van der Waals surface area contributed by atoms with Crippen LogP contribution in [0.25, 0.3) is 83.1 Å². The van der Waals surface area contributed by atoms with Crippen LogP contribution >= 0.6 is 0 Å². The van der Waals surface area contributed by atoms with Crippen LogP contribution in [-0.4, -0.2) is 18.7 Å². The second-order valence-corrected chi connectivity index (χ2v) is 12.0. The average molecular weight is 601 g/mol. The van der Waals surface area contributed by atoms with Crippen LogP contribution in [0.3, 0.4) is 0 Å². The maximum absolute atomic E-state index is 5.26. The van der Waals surface area contributed by atoms with Gasteiger partial charge in [-0.2, -0.15) is 0 Å². The lowest BCUT2D eigenvalue weighted by Crippen LogP contribution is -2.04. The van der Waals surface area contributed by atoms with Gasteiger partial charge in [0.25, 0.3) is 0 Å². The van der Waals surface area contributed by atoms with E-state index in [1.54, 1.807) is 0 Å².